The van der Waals surface area contributed by atoms with Gasteiger partial charge in [0.15, 0.2) is 0 Å². The van der Waals surface area contributed by atoms with Crippen LogP contribution in [0.15, 0.2) is 170 Å². The van der Waals surface area contributed by atoms with Crippen molar-refractivity contribution in [3.8, 4) is 44.5 Å². The first-order chi connectivity index (χ1) is 32.7. The van der Waals surface area contributed by atoms with Crippen LogP contribution in [0.3, 0.4) is 0 Å². The van der Waals surface area contributed by atoms with E-state index in [4.69, 9.17) is 0 Å². The number of hydrogen-bond donors (Lipinski definition) is 0. The van der Waals surface area contributed by atoms with Crippen molar-refractivity contribution >= 4 is 76.9 Å². The van der Waals surface area contributed by atoms with Crippen LogP contribution in [0.4, 0.5) is 0 Å². The molecule has 11 aromatic rings. The third kappa shape index (κ3) is 7.84. The van der Waals surface area contributed by atoms with Gasteiger partial charge in [-0.3, -0.25) is 0 Å². The molecule has 0 N–H and O–H groups in total. The van der Waals surface area contributed by atoms with Crippen LogP contribution >= 0.6 is 0 Å². The molecular formula is C68H64Se. The molecule has 0 amide bonds. The van der Waals surface area contributed by atoms with Gasteiger partial charge in [0, 0.05) is 0 Å². The van der Waals surface area contributed by atoms with Gasteiger partial charge in [-0.25, -0.2) is 0 Å². The van der Waals surface area contributed by atoms with Crippen LogP contribution in [0.1, 0.15) is 105 Å². The molecule has 10 aromatic carbocycles. The zero-order chi connectivity index (χ0) is 48.4. The first kappa shape index (κ1) is 45.2. The van der Waals surface area contributed by atoms with E-state index in [2.05, 4.69) is 253 Å². The van der Waals surface area contributed by atoms with E-state index in [-0.39, 0.29) is 36.2 Å². The molecule has 0 aliphatic heterocycles. The third-order valence-electron chi connectivity index (χ3n) is 14.8. The molecule has 11 rings (SSSR count). The van der Waals surface area contributed by atoms with Crippen molar-refractivity contribution in [1.82, 2.24) is 0 Å². The summed E-state index contributed by atoms with van der Waals surface area (Å²) in [7, 11) is 0. The first-order valence-electron chi connectivity index (χ1n) is 24.9. The SMILES string of the molecule is CC(C)(C)c1cc(-c2c3ccccc3c(-c3ccc4c(c3)[se]c3ccc(-c5c6ccccc6c(-c6cc(C(C)(C)C)cc(C(C)(C)C)c6)c6ccccc56)cc34)c3ccccc23)cc(C(C)(C)C)c1. The van der Waals surface area contributed by atoms with Crippen molar-refractivity contribution < 1.29 is 0 Å². The standard InChI is InChI=1S/C68H64Se/c1-65(2,3)45-33-43(34-46(39-45)66(4,5)6)63-54-25-17-13-21-50(54)61(51-22-14-18-26-55(51)63)41-30-32-59-58(37-41)49-31-29-42(38-60(49)69-59)62-52-23-15-19-27-56(52)64(57-28-20-16-24-53(57)62)44-35-47(67(7,8)9)40-48(36-44)68(10,11)12/h13-40H,1-12H3. The Balaban J connectivity index is 1.09. The fraction of sp³-hybridized carbons (Fsp3) is 0.235. The van der Waals surface area contributed by atoms with Crippen LogP contribution in [-0.2, 0) is 21.7 Å². The van der Waals surface area contributed by atoms with Crippen molar-refractivity contribution in [1.29, 1.82) is 0 Å². The topological polar surface area (TPSA) is 0 Å². The molecule has 0 saturated heterocycles. The predicted octanol–water partition coefficient (Wildman–Crippen LogP) is 19.5. The fourth-order valence-electron chi connectivity index (χ4n) is 10.9. The minimum atomic E-state index is 0.0204. The average molecular weight is 960 g/mol. The monoisotopic (exact) mass is 960 g/mol. The van der Waals surface area contributed by atoms with Gasteiger partial charge >= 0.3 is 377 Å². The summed E-state index contributed by atoms with van der Waals surface area (Å²) in [6.45, 7) is 28.0. The summed E-state index contributed by atoms with van der Waals surface area (Å²) in [5.74, 6) is 0. The van der Waals surface area contributed by atoms with Gasteiger partial charge in [-0.15, -0.1) is 0 Å². The summed E-state index contributed by atoms with van der Waals surface area (Å²) in [6, 6.07) is 65.9. The van der Waals surface area contributed by atoms with Crippen LogP contribution < -0.4 is 0 Å². The molecule has 342 valence electrons. The molecular weight excluding hydrogens is 896 g/mol. The number of hydrogen-bond acceptors (Lipinski definition) is 0. The molecule has 0 unspecified atom stereocenters. The van der Waals surface area contributed by atoms with Crippen LogP contribution in [0.2, 0.25) is 0 Å². The van der Waals surface area contributed by atoms with Crippen LogP contribution in [0.25, 0.3) is 107 Å². The second kappa shape index (κ2) is 16.2. The zero-order valence-corrected chi connectivity index (χ0v) is 44.3. The minimum absolute atomic E-state index is 0.0204. The molecule has 0 saturated carbocycles. The van der Waals surface area contributed by atoms with Crippen molar-refractivity contribution in [3.63, 3.8) is 0 Å². The molecule has 0 nitrogen and oxygen atoms in total. The molecule has 1 heterocycles. The van der Waals surface area contributed by atoms with Crippen molar-refractivity contribution in [3.05, 3.63) is 192 Å². The van der Waals surface area contributed by atoms with Crippen LogP contribution in [0.5, 0.6) is 0 Å². The molecule has 0 aliphatic carbocycles. The molecule has 0 radical (unpaired) electrons. The Morgan fingerprint density at radius 2 is 0.522 bits per heavy atom. The maximum absolute atomic E-state index is 2.53. The van der Waals surface area contributed by atoms with Gasteiger partial charge < -0.3 is 0 Å². The molecule has 0 spiro atoms. The summed E-state index contributed by atoms with van der Waals surface area (Å²) in [5.41, 5.74) is 16.0. The zero-order valence-electron chi connectivity index (χ0n) is 42.6. The Morgan fingerprint density at radius 1 is 0.232 bits per heavy atom. The Bertz CT molecular complexity index is 3680. The van der Waals surface area contributed by atoms with Crippen molar-refractivity contribution in [2.75, 3.05) is 0 Å². The molecule has 1 heteroatoms. The van der Waals surface area contributed by atoms with E-state index >= 15 is 0 Å². The quantitative estimate of drug-likeness (QED) is 0.122. The van der Waals surface area contributed by atoms with Crippen LogP contribution in [0, 0.1) is 0 Å². The van der Waals surface area contributed by atoms with E-state index in [1.54, 1.807) is 0 Å². The van der Waals surface area contributed by atoms with Gasteiger partial charge in [-0.05, 0) is 0 Å². The fourth-order valence-corrected chi connectivity index (χ4v) is 13.2. The number of rotatable bonds is 4. The van der Waals surface area contributed by atoms with Gasteiger partial charge in [0.2, 0.25) is 0 Å². The van der Waals surface area contributed by atoms with E-state index < -0.39 is 0 Å². The second-order valence-electron chi connectivity index (χ2n) is 23.8. The molecule has 69 heavy (non-hydrogen) atoms. The van der Waals surface area contributed by atoms with E-state index in [0.717, 1.165) is 0 Å². The summed E-state index contributed by atoms with van der Waals surface area (Å²) in [4.78, 5) is 0. The number of benzene rings is 10. The summed E-state index contributed by atoms with van der Waals surface area (Å²) < 4.78 is 2.91. The first-order valence-corrected chi connectivity index (χ1v) is 26.6. The Labute approximate surface area is 415 Å². The van der Waals surface area contributed by atoms with Gasteiger partial charge in [0.05, 0.1) is 0 Å². The van der Waals surface area contributed by atoms with E-state index in [1.165, 1.54) is 129 Å². The van der Waals surface area contributed by atoms with Crippen molar-refractivity contribution in [2.24, 2.45) is 0 Å². The summed E-state index contributed by atoms with van der Waals surface area (Å²) >= 11 is 0.179. The van der Waals surface area contributed by atoms with Gasteiger partial charge in [-0.1, -0.05) is 41.5 Å². The summed E-state index contributed by atoms with van der Waals surface area (Å²) in [5, 5.41) is 13.1. The maximum atomic E-state index is 2.53. The second-order valence-corrected chi connectivity index (χ2v) is 26.1. The van der Waals surface area contributed by atoms with E-state index in [1.807, 2.05) is 0 Å². The Morgan fingerprint density at radius 3 is 0.841 bits per heavy atom. The molecule has 0 fully saturated rings. The molecule has 1 aromatic heterocycles. The number of fused-ring (bicyclic) bond motifs is 7. The third-order valence-corrected chi connectivity index (χ3v) is 17.2. The van der Waals surface area contributed by atoms with Gasteiger partial charge in [0.25, 0.3) is 0 Å². The molecule has 0 atom stereocenters. The summed E-state index contributed by atoms with van der Waals surface area (Å²) in [6.07, 6.45) is 0. The van der Waals surface area contributed by atoms with E-state index in [9.17, 15) is 0 Å². The average Bonchev–Trinajstić information content (AvgIpc) is 3.68. The predicted molar refractivity (Wildman–Crippen MR) is 305 cm³/mol. The molecule has 0 aliphatic rings. The van der Waals surface area contributed by atoms with Crippen molar-refractivity contribution in [2.45, 2.75) is 105 Å². The Hall–Kier alpha value is -6.24. The molecule has 0 bridgehead atoms. The van der Waals surface area contributed by atoms with E-state index in [0.29, 0.717) is 0 Å². The van der Waals surface area contributed by atoms with Gasteiger partial charge in [0.1, 0.15) is 0 Å². The Kier molecular flexibility index (Phi) is 10.6. The van der Waals surface area contributed by atoms with Crippen LogP contribution in [-0.4, -0.2) is 14.5 Å². The van der Waals surface area contributed by atoms with Gasteiger partial charge in [-0.2, -0.15) is 0 Å². The normalized spacial score (nSPS) is 12.9.